The molecule has 0 bridgehead atoms. The van der Waals surface area contributed by atoms with E-state index in [0.29, 0.717) is 37.2 Å². The smallest absolute Gasteiger partial charge is 0.235 e. The molecule has 6 heteroatoms. The van der Waals surface area contributed by atoms with Crippen molar-refractivity contribution in [1.82, 2.24) is 4.90 Å². The predicted molar refractivity (Wildman–Crippen MR) is 117 cm³/mol. The number of Topliss-reactive ketones (excluding diaryl/α,β-unsaturated/α-hetero) is 1. The molecule has 1 amide bonds. The first-order valence-electron chi connectivity index (χ1n) is 10.5. The fraction of sp³-hybridized carbons (Fsp3) is 0.417. The van der Waals surface area contributed by atoms with E-state index in [4.69, 9.17) is 10.5 Å². The Bertz CT molecular complexity index is 1030. The largest absolute Gasteiger partial charge is 0.486 e. The SMILES string of the molecule is CC1C(=O)c2ccccc2OC12CCN(C(=O)C1(C)c3ccccc3SC1N)CC2. The lowest BCUT2D eigenvalue weighted by molar-refractivity contribution is -0.141. The molecular weight excluding hydrogens is 396 g/mol. The molecule has 2 aromatic carbocycles. The quantitative estimate of drug-likeness (QED) is 0.760. The van der Waals surface area contributed by atoms with Gasteiger partial charge in [0, 0.05) is 30.8 Å². The van der Waals surface area contributed by atoms with E-state index in [1.165, 1.54) is 0 Å². The molecule has 3 aliphatic heterocycles. The average molecular weight is 423 g/mol. The third-order valence-corrected chi connectivity index (χ3v) is 8.59. The van der Waals surface area contributed by atoms with Crippen LogP contribution < -0.4 is 10.5 Å². The van der Waals surface area contributed by atoms with E-state index in [9.17, 15) is 9.59 Å². The number of likely N-dealkylation sites (tertiary alicyclic amines) is 1. The maximum absolute atomic E-state index is 13.6. The van der Waals surface area contributed by atoms with E-state index in [-0.39, 0.29) is 23.0 Å². The van der Waals surface area contributed by atoms with Gasteiger partial charge in [0.15, 0.2) is 5.78 Å². The van der Waals surface area contributed by atoms with Crippen molar-refractivity contribution < 1.29 is 14.3 Å². The number of piperidine rings is 1. The third kappa shape index (κ3) is 2.66. The summed E-state index contributed by atoms with van der Waals surface area (Å²) in [5.41, 5.74) is 6.83. The van der Waals surface area contributed by atoms with Gasteiger partial charge in [-0.2, -0.15) is 0 Å². The summed E-state index contributed by atoms with van der Waals surface area (Å²) in [6.07, 6.45) is 1.28. The van der Waals surface area contributed by atoms with E-state index in [1.54, 1.807) is 11.8 Å². The number of carbonyl (C=O) groups is 2. The maximum Gasteiger partial charge on any atom is 0.235 e. The number of fused-ring (bicyclic) bond motifs is 2. The molecule has 5 rings (SSSR count). The lowest BCUT2D eigenvalue weighted by Gasteiger charge is -2.48. The summed E-state index contributed by atoms with van der Waals surface area (Å²) in [5, 5.41) is -0.309. The summed E-state index contributed by atoms with van der Waals surface area (Å²) in [6, 6.07) is 15.5. The highest BCUT2D eigenvalue weighted by Gasteiger charge is 2.53. The number of carbonyl (C=O) groups excluding carboxylic acids is 2. The first-order valence-corrected chi connectivity index (χ1v) is 11.4. The molecule has 5 nitrogen and oxygen atoms in total. The Morgan fingerprint density at radius 1 is 1.13 bits per heavy atom. The van der Waals surface area contributed by atoms with Crippen LogP contribution in [0.25, 0.3) is 0 Å². The second-order valence-electron chi connectivity index (χ2n) is 8.78. The molecular formula is C24H26N2O3S. The Hall–Kier alpha value is -2.31. The number of hydrogen-bond donors (Lipinski definition) is 1. The Morgan fingerprint density at radius 2 is 1.80 bits per heavy atom. The summed E-state index contributed by atoms with van der Waals surface area (Å²) >= 11 is 1.57. The Kier molecular flexibility index (Phi) is 4.49. The average Bonchev–Trinajstić information content (AvgIpc) is 3.03. The molecule has 2 N–H and O–H groups in total. The summed E-state index contributed by atoms with van der Waals surface area (Å²) in [4.78, 5) is 29.6. The molecule has 1 fully saturated rings. The molecule has 2 aromatic rings. The van der Waals surface area contributed by atoms with Gasteiger partial charge in [0.25, 0.3) is 0 Å². The molecule has 0 saturated carbocycles. The van der Waals surface area contributed by atoms with Crippen LogP contribution in [-0.2, 0) is 10.2 Å². The third-order valence-electron chi connectivity index (χ3n) is 7.26. The molecule has 0 radical (unpaired) electrons. The first kappa shape index (κ1) is 19.6. The number of ether oxygens (including phenoxy) is 1. The molecule has 0 aliphatic carbocycles. The maximum atomic E-state index is 13.6. The van der Waals surface area contributed by atoms with Gasteiger partial charge in [-0.05, 0) is 30.7 Å². The van der Waals surface area contributed by atoms with Crippen LogP contribution in [0.15, 0.2) is 53.4 Å². The molecule has 3 atom stereocenters. The van der Waals surface area contributed by atoms with Gasteiger partial charge < -0.3 is 15.4 Å². The Balaban J connectivity index is 1.38. The minimum absolute atomic E-state index is 0.0671. The predicted octanol–water partition coefficient (Wildman–Crippen LogP) is 3.61. The Labute approximate surface area is 181 Å². The van der Waals surface area contributed by atoms with Crippen LogP contribution in [0.5, 0.6) is 5.75 Å². The standard InChI is InChI=1S/C24H26N2O3S/c1-15-20(27)16-7-3-5-9-18(16)29-24(15)11-13-26(14-12-24)22(28)23(2)17-8-4-6-10-19(17)30-21(23)25/h3-10,15,21H,11-14,25H2,1-2H3. The van der Waals surface area contributed by atoms with Gasteiger partial charge in [0.05, 0.1) is 22.3 Å². The second-order valence-corrected chi connectivity index (χ2v) is 9.96. The number of nitrogens with two attached hydrogens (primary N) is 1. The summed E-state index contributed by atoms with van der Waals surface area (Å²) in [7, 11) is 0. The van der Waals surface area contributed by atoms with Crippen molar-refractivity contribution in [3.05, 3.63) is 59.7 Å². The van der Waals surface area contributed by atoms with Crippen LogP contribution in [0.3, 0.4) is 0 Å². The zero-order chi connectivity index (χ0) is 21.1. The number of benzene rings is 2. The topological polar surface area (TPSA) is 72.6 Å². The normalized spacial score (nSPS) is 29.3. The van der Waals surface area contributed by atoms with Crippen LogP contribution >= 0.6 is 11.8 Å². The van der Waals surface area contributed by atoms with Gasteiger partial charge >= 0.3 is 0 Å². The van der Waals surface area contributed by atoms with Crippen LogP contribution in [0.2, 0.25) is 0 Å². The molecule has 30 heavy (non-hydrogen) atoms. The lowest BCUT2D eigenvalue weighted by Crippen LogP contribution is -2.60. The molecule has 1 spiro atoms. The molecule has 3 heterocycles. The number of amides is 1. The van der Waals surface area contributed by atoms with Crippen molar-refractivity contribution in [1.29, 1.82) is 0 Å². The van der Waals surface area contributed by atoms with Gasteiger partial charge in [-0.25, -0.2) is 0 Å². The summed E-state index contributed by atoms with van der Waals surface area (Å²) in [5.74, 6) is 0.630. The minimum Gasteiger partial charge on any atom is -0.486 e. The Morgan fingerprint density at radius 3 is 2.57 bits per heavy atom. The van der Waals surface area contributed by atoms with Crippen LogP contribution in [-0.4, -0.2) is 40.7 Å². The van der Waals surface area contributed by atoms with Gasteiger partial charge in [0.2, 0.25) is 5.91 Å². The van der Waals surface area contributed by atoms with Gasteiger partial charge in [0.1, 0.15) is 11.4 Å². The molecule has 0 aromatic heterocycles. The minimum atomic E-state index is -0.743. The number of nitrogens with zero attached hydrogens (tertiary/aromatic N) is 1. The highest BCUT2D eigenvalue weighted by atomic mass is 32.2. The van der Waals surface area contributed by atoms with E-state index in [2.05, 4.69) is 0 Å². The van der Waals surface area contributed by atoms with Crippen LogP contribution in [0.1, 0.15) is 42.6 Å². The van der Waals surface area contributed by atoms with Crippen molar-refractivity contribution in [2.75, 3.05) is 13.1 Å². The number of hydrogen-bond acceptors (Lipinski definition) is 5. The number of ketones is 1. The van der Waals surface area contributed by atoms with E-state index >= 15 is 0 Å². The van der Waals surface area contributed by atoms with Crippen molar-refractivity contribution >= 4 is 23.5 Å². The molecule has 1 saturated heterocycles. The second kappa shape index (κ2) is 6.86. The molecule has 3 unspecified atom stereocenters. The highest BCUT2D eigenvalue weighted by Crippen LogP contribution is 2.49. The zero-order valence-corrected chi connectivity index (χ0v) is 18.1. The lowest BCUT2D eigenvalue weighted by atomic mass is 9.73. The van der Waals surface area contributed by atoms with Crippen molar-refractivity contribution in [3.8, 4) is 5.75 Å². The van der Waals surface area contributed by atoms with Gasteiger partial charge in [-0.1, -0.05) is 37.3 Å². The number of rotatable bonds is 1. The van der Waals surface area contributed by atoms with Crippen molar-refractivity contribution in [3.63, 3.8) is 0 Å². The monoisotopic (exact) mass is 422 g/mol. The van der Waals surface area contributed by atoms with Gasteiger partial charge in [-0.15, -0.1) is 11.8 Å². The van der Waals surface area contributed by atoms with E-state index in [0.717, 1.165) is 10.5 Å². The highest BCUT2D eigenvalue weighted by molar-refractivity contribution is 8.00. The number of thioether (sulfide) groups is 1. The summed E-state index contributed by atoms with van der Waals surface area (Å²) < 4.78 is 6.41. The first-order chi connectivity index (χ1) is 14.4. The van der Waals surface area contributed by atoms with Crippen molar-refractivity contribution in [2.45, 2.75) is 48.0 Å². The molecule has 156 valence electrons. The summed E-state index contributed by atoms with van der Waals surface area (Å²) in [6.45, 7) is 5.04. The number of para-hydroxylation sites is 1. The van der Waals surface area contributed by atoms with Gasteiger partial charge in [-0.3, -0.25) is 9.59 Å². The van der Waals surface area contributed by atoms with Crippen LogP contribution in [0, 0.1) is 5.92 Å². The molecule has 3 aliphatic rings. The fourth-order valence-corrected chi connectivity index (χ4v) is 6.44. The van der Waals surface area contributed by atoms with E-state index < -0.39 is 11.0 Å². The zero-order valence-electron chi connectivity index (χ0n) is 17.3. The van der Waals surface area contributed by atoms with E-state index in [1.807, 2.05) is 67.3 Å². The fourth-order valence-electron chi connectivity index (χ4n) is 5.13. The van der Waals surface area contributed by atoms with Crippen LogP contribution in [0.4, 0.5) is 0 Å². The van der Waals surface area contributed by atoms with Crippen molar-refractivity contribution in [2.24, 2.45) is 11.7 Å².